The van der Waals surface area contributed by atoms with Crippen LogP contribution in [-0.4, -0.2) is 61.1 Å². The first-order valence-corrected chi connectivity index (χ1v) is 10.6. The third-order valence-electron chi connectivity index (χ3n) is 6.40. The lowest BCUT2D eigenvalue weighted by Gasteiger charge is -2.26. The van der Waals surface area contributed by atoms with Crippen molar-refractivity contribution in [2.45, 2.75) is 51.5 Å². The number of nitrogens with zero attached hydrogens (tertiary/aromatic N) is 3. The summed E-state index contributed by atoms with van der Waals surface area (Å²) in [4.78, 5) is 10.3. The zero-order valence-electron chi connectivity index (χ0n) is 16.3. The number of likely N-dealkylation sites (tertiary alicyclic amines) is 2. The van der Waals surface area contributed by atoms with Gasteiger partial charge in [0.2, 0.25) is 0 Å². The fourth-order valence-corrected chi connectivity index (χ4v) is 4.60. The zero-order chi connectivity index (χ0) is 17.8. The quantitative estimate of drug-likeness (QED) is 0.629. The number of hydrogen-bond acceptors (Lipinski definition) is 2. The van der Waals surface area contributed by atoms with Gasteiger partial charge in [-0.25, -0.2) is 0 Å². The Morgan fingerprint density at radius 1 is 1.15 bits per heavy atom. The Morgan fingerprint density at radius 2 is 1.92 bits per heavy atom. The van der Waals surface area contributed by atoms with E-state index in [1.54, 1.807) is 0 Å². The largest absolute Gasteiger partial charge is 0.357 e. The number of aliphatic imine (C=N–C) groups is 1. The normalized spacial score (nSPS) is 25.7. The molecule has 26 heavy (non-hydrogen) atoms. The molecule has 1 saturated carbocycles. The molecule has 1 N–H and O–H groups in total. The number of hydrogen-bond donors (Lipinski definition) is 1. The minimum absolute atomic E-state index is 0.413. The lowest BCUT2D eigenvalue weighted by Crippen LogP contribution is -2.43. The molecule has 4 rings (SSSR count). The summed E-state index contributed by atoms with van der Waals surface area (Å²) in [5.41, 5.74) is 1.87. The molecule has 142 valence electrons. The van der Waals surface area contributed by atoms with Gasteiger partial charge in [-0.1, -0.05) is 30.3 Å². The fourth-order valence-electron chi connectivity index (χ4n) is 4.60. The molecule has 1 aliphatic carbocycles. The van der Waals surface area contributed by atoms with Crippen LogP contribution < -0.4 is 5.32 Å². The van der Waals surface area contributed by atoms with Gasteiger partial charge in [0.05, 0.1) is 0 Å². The molecule has 0 amide bonds. The van der Waals surface area contributed by atoms with E-state index in [1.807, 2.05) is 0 Å². The first kappa shape index (κ1) is 17.8. The van der Waals surface area contributed by atoms with E-state index in [0.717, 1.165) is 38.2 Å². The smallest absolute Gasteiger partial charge is 0.193 e. The summed E-state index contributed by atoms with van der Waals surface area (Å²) in [6.07, 6.45) is 7.87. The highest BCUT2D eigenvalue weighted by atomic mass is 15.3. The average molecular weight is 355 g/mol. The van der Waals surface area contributed by atoms with Crippen LogP contribution in [0.15, 0.2) is 35.3 Å². The molecule has 1 aromatic rings. The van der Waals surface area contributed by atoms with Crippen molar-refractivity contribution in [2.75, 3.05) is 39.3 Å². The van der Waals surface area contributed by atoms with Crippen LogP contribution in [-0.2, 0) is 6.42 Å². The third kappa shape index (κ3) is 4.22. The monoisotopic (exact) mass is 354 g/mol. The molecule has 1 atom stereocenters. The van der Waals surface area contributed by atoms with Crippen molar-refractivity contribution >= 4 is 5.96 Å². The highest BCUT2D eigenvalue weighted by Gasteiger charge is 2.42. The summed E-state index contributed by atoms with van der Waals surface area (Å²) in [5, 5.41) is 3.56. The molecule has 1 unspecified atom stereocenters. The molecule has 0 bridgehead atoms. The lowest BCUT2D eigenvalue weighted by atomic mass is 9.97. The minimum atomic E-state index is 0.413. The zero-order valence-corrected chi connectivity index (χ0v) is 16.3. The molecule has 2 aliphatic heterocycles. The van der Waals surface area contributed by atoms with E-state index in [9.17, 15) is 0 Å². The van der Waals surface area contributed by atoms with Crippen LogP contribution in [0, 0.1) is 5.41 Å². The van der Waals surface area contributed by atoms with Crippen LogP contribution in [0.2, 0.25) is 0 Å². The SMILES string of the molecule is CCNC(=NCC1(Cc2ccccc2)CC1)N1CCC(N2CCCC2)C1. The van der Waals surface area contributed by atoms with Gasteiger partial charge < -0.3 is 10.2 Å². The second kappa shape index (κ2) is 7.99. The Kier molecular flexibility index (Phi) is 5.49. The van der Waals surface area contributed by atoms with Crippen molar-refractivity contribution in [3.05, 3.63) is 35.9 Å². The number of guanidine groups is 1. The van der Waals surface area contributed by atoms with Crippen molar-refractivity contribution in [2.24, 2.45) is 10.4 Å². The summed E-state index contributed by atoms with van der Waals surface area (Å²) >= 11 is 0. The summed E-state index contributed by atoms with van der Waals surface area (Å²) in [5.74, 6) is 1.15. The van der Waals surface area contributed by atoms with Crippen LogP contribution >= 0.6 is 0 Å². The van der Waals surface area contributed by atoms with Crippen LogP contribution in [0.25, 0.3) is 0 Å². The molecule has 0 radical (unpaired) electrons. The minimum Gasteiger partial charge on any atom is -0.357 e. The van der Waals surface area contributed by atoms with Crippen LogP contribution in [0.1, 0.15) is 44.6 Å². The summed E-state index contributed by atoms with van der Waals surface area (Å²) in [6.45, 7) is 9.00. The average Bonchev–Trinajstić information content (AvgIpc) is 3.08. The third-order valence-corrected chi connectivity index (χ3v) is 6.40. The van der Waals surface area contributed by atoms with E-state index >= 15 is 0 Å². The Labute approximate surface area is 158 Å². The van der Waals surface area contributed by atoms with E-state index in [-0.39, 0.29) is 0 Å². The lowest BCUT2D eigenvalue weighted by molar-refractivity contribution is 0.249. The first-order chi connectivity index (χ1) is 12.8. The standard InChI is InChI=1S/C22H34N4/c1-2-23-21(26-15-10-20(17-26)25-13-6-7-14-25)24-18-22(11-12-22)16-19-8-4-3-5-9-19/h3-5,8-9,20H,2,6-7,10-18H2,1H3,(H,23,24). The molecule has 4 heteroatoms. The number of benzene rings is 1. The van der Waals surface area contributed by atoms with E-state index in [4.69, 9.17) is 4.99 Å². The predicted octanol–water partition coefficient (Wildman–Crippen LogP) is 3.14. The molecular formula is C22H34N4. The van der Waals surface area contributed by atoms with Gasteiger partial charge in [0, 0.05) is 32.2 Å². The van der Waals surface area contributed by atoms with Crippen molar-refractivity contribution in [3.8, 4) is 0 Å². The van der Waals surface area contributed by atoms with E-state index in [1.165, 1.54) is 57.2 Å². The summed E-state index contributed by atoms with van der Waals surface area (Å²) in [7, 11) is 0. The van der Waals surface area contributed by atoms with Gasteiger partial charge in [-0.05, 0) is 69.5 Å². The Morgan fingerprint density at radius 3 is 2.62 bits per heavy atom. The van der Waals surface area contributed by atoms with Gasteiger partial charge in [0.25, 0.3) is 0 Å². The Hall–Kier alpha value is -1.55. The van der Waals surface area contributed by atoms with Gasteiger partial charge in [0.1, 0.15) is 0 Å². The molecule has 0 aromatic heterocycles. The number of rotatable bonds is 6. The molecule has 4 nitrogen and oxygen atoms in total. The Balaban J connectivity index is 1.37. The molecule has 2 heterocycles. The van der Waals surface area contributed by atoms with E-state index in [2.05, 4.69) is 52.4 Å². The van der Waals surface area contributed by atoms with Gasteiger partial charge in [-0.3, -0.25) is 9.89 Å². The van der Waals surface area contributed by atoms with E-state index < -0.39 is 0 Å². The predicted molar refractivity (Wildman–Crippen MR) is 109 cm³/mol. The molecule has 3 fully saturated rings. The highest BCUT2D eigenvalue weighted by Crippen LogP contribution is 2.48. The van der Waals surface area contributed by atoms with Gasteiger partial charge in [0.15, 0.2) is 5.96 Å². The fraction of sp³-hybridized carbons (Fsp3) is 0.682. The molecule has 0 spiro atoms. The summed E-state index contributed by atoms with van der Waals surface area (Å²) in [6, 6.07) is 11.7. The number of nitrogens with one attached hydrogen (secondary N) is 1. The first-order valence-electron chi connectivity index (χ1n) is 10.6. The molecular weight excluding hydrogens is 320 g/mol. The van der Waals surface area contributed by atoms with Crippen LogP contribution in [0.4, 0.5) is 0 Å². The van der Waals surface area contributed by atoms with Crippen molar-refractivity contribution < 1.29 is 0 Å². The van der Waals surface area contributed by atoms with Gasteiger partial charge in [-0.15, -0.1) is 0 Å². The Bertz CT molecular complexity index is 602. The molecule has 3 aliphatic rings. The van der Waals surface area contributed by atoms with Crippen molar-refractivity contribution in [1.82, 2.24) is 15.1 Å². The van der Waals surface area contributed by atoms with Crippen LogP contribution in [0.5, 0.6) is 0 Å². The maximum Gasteiger partial charge on any atom is 0.193 e. The maximum absolute atomic E-state index is 5.10. The molecule has 2 saturated heterocycles. The van der Waals surface area contributed by atoms with Gasteiger partial charge in [-0.2, -0.15) is 0 Å². The summed E-state index contributed by atoms with van der Waals surface area (Å²) < 4.78 is 0. The van der Waals surface area contributed by atoms with Crippen LogP contribution in [0.3, 0.4) is 0 Å². The maximum atomic E-state index is 5.10. The second-order valence-electron chi connectivity index (χ2n) is 8.46. The second-order valence-corrected chi connectivity index (χ2v) is 8.46. The van der Waals surface area contributed by atoms with Crippen molar-refractivity contribution in [3.63, 3.8) is 0 Å². The highest BCUT2D eigenvalue weighted by molar-refractivity contribution is 5.80. The van der Waals surface area contributed by atoms with Gasteiger partial charge >= 0.3 is 0 Å². The van der Waals surface area contributed by atoms with E-state index in [0.29, 0.717) is 5.41 Å². The topological polar surface area (TPSA) is 30.9 Å². The molecule has 1 aromatic carbocycles. The van der Waals surface area contributed by atoms with Crippen molar-refractivity contribution in [1.29, 1.82) is 0 Å².